The lowest BCUT2D eigenvalue weighted by atomic mass is 10.00. The Kier molecular flexibility index (Phi) is 6.90. The first-order valence-electron chi connectivity index (χ1n) is 8.65. The average Bonchev–Trinajstić information content (AvgIpc) is 2.59. The van der Waals surface area contributed by atoms with Gasteiger partial charge in [0.2, 0.25) is 11.8 Å². The predicted molar refractivity (Wildman–Crippen MR) is 102 cm³/mol. The number of hydrogen-bond donors (Lipinski definition) is 1. The van der Waals surface area contributed by atoms with Gasteiger partial charge in [-0.15, -0.1) is 0 Å². The SMILES string of the molecule is CCOc1ccc(N2C(=O)C(CCN(CC)CC)C(=O)NC2=S)cc1. The van der Waals surface area contributed by atoms with Gasteiger partial charge in [-0.25, -0.2) is 0 Å². The summed E-state index contributed by atoms with van der Waals surface area (Å²) in [6.07, 6.45) is 0.475. The van der Waals surface area contributed by atoms with Crippen molar-refractivity contribution in [1.82, 2.24) is 10.2 Å². The van der Waals surface area contributed by atoms with Crippen LogP contribution in [0.5, 0.6) is 5.75 Å². The van der Waals surface area contributed by atoms with Crippen LogP contribution in [0, 0.1) is 5.92 Å². The Balaban J connectivity index is 2.15. The molecule has 1 N–H and O–H groups in total. The molecule has 1 saturated heterocycles. The molecule has 1 aliphatic rings. The fourth-order valence-corrected chi connectivity index (χ4v) is 3.12. The van der Waals surface area contributed by atoms with Gasteiger partial charge < -0.3 is 15.0 Å². The molecule has 136 valence electrons. The number of nitrogens with zero attached hydrogens (tertiary/aromatic N) is 2. The summed E-state index contributed by atoms with van der Waals surface area (Å²) in [5.74, 6) is -0.586. The van der Waals surface area contributed by atoms with E-state index in [4.69, 9.17) is 17.0 Å². The number of carbonyl (C=O) groups is 2. The maximum Gasteiger partial charge on any atom is 0.245 e. The van der Waals surface area contributed by atoms with Crippen molar-refractivity contribution < 1.29 is 14.3 Å². The Bertz CT molecular complexity index is 629. The summed E-state index contributed by atoms with van der Waals surface area (Å²) in [5, 5.41) is 2.78. The maximum absolute atomic E-state index is 12.9. The molecule has 1 aliphatic heterocycles. The van der Waals surface area contributed by atoms with E-state index in [1.54, 1.807) is 24.3 Å². The standard InChI is InChI=1S/C18H25N3O3S/c1-4-20(5-2)12-11-15-16(22)19-18(25)21(17(15)23)13-7-9-14(10-8-13)24-6-3/h7-10,15H,4-6,11-12H2,1-3H3,(H,19,22,25). The van der Waals surface area contributed by atoms with Crippen molar-refractivity contribution >= 4 is 34.8 Å². The van der Waals surface area contributed by atoms with E-state index in [2.05, 4.69) is 24.1 Å². The predicted octanol–water partition coefficient (Wildman–Crippen LogP) is 2.18. The number of carbonyl (C=O) groups excluding carboxylic acids is 2. The molecule has 1 unspecified atom stereocenters. The molecule has 6 nitrogen and oxygen atoms in total. The number of amides is 2. The third-order valence-corrected chi connectivity index (χ3v) is 4.59. The maximum atomic E-state index is 12.9. The van der Waals surface area contributed by atoms with Crippen LogP contribution < -0.4 is 15.0 Å². The molecule has 1 atom stereocenters. The second-order valence-electron chi connectivity index (χ2n) is 5.76. The lowest BCUT2D eigenvalue weighted by Gasteiger charge is -2.33. The Hall–Kier alpha value is -1.99. The number of rotatable bonds is 8. The van der Waals surface area contributed by atoms with Gasteiger partial charge in [-0.2, -0.15) is 0 Å². The summed E-state index contributed by atoms with van der Waals surface area (Å²) in [6.45, 7) is 9.08. The molecule has 0 aliphatic carbocycles. The summed E-state index contributed by atoms with van der Waals surface area (Å²) >= 11 is 5.21. The van der Waals surface area contributed by atoms with Crippen LogP contribution in [0.2, 0.25) is 0 Å². The molecular formula is C18H25N3O3S. The van der Waals surface area contributed by atoms with Crippen LogP contribution in [0.1, 0.15) is 27.2 Å². The average molecular weight is 363 g/mol. The number of hydrogen-bond acceptors (Lipinski definition) is 5. The van der Waals surface area contributed by atoms with E-state index in [9.17, 15) is 9.59 Å². The number of ether oxygens (including phenoxy) is 1. The monoisotopic (exact) mass is 363 g/mol. The molecule has 1 heterocycles. The van der Waals surface area contributed by atoms with E-state index in [1.807, 2.05) is 6.92 Å². The first-order valence-corrected chi connectivity index (χ1v) is 9.06. The van der Waals surface area contributed by atoms with Crippen molar-refractivity contribution in [2.75, 3.05) is 31.1 Å². The summed E-state index contributed by atoms with van der Waals surface area (Å²) in [4.78, 5) is 28.7. The van der Waals surface area contributed by atoms with Gasteiger partial charge in [-0.05, 0) is 69.5 Å². The van der Waals surface area contributed by atoms with Crippen molar-refractivity contribution in [2.45, 2.75) is 27.2 Å². The van der Waals surface area contributed by atoms with Gasteiger partial charge in [-0.1, -0.05) is 13.8 Å². The van der Waals surface area contributed by atoms with Crippen LogP contribution in [0.15, 0.2) is 24.3 Å². The highest BCUT2D eigenvalue weighted by atomic mass is 32.1. The van der Waals surface area contributed by atoms with Crippen molar-refractivity contribution in [1.29, 1.82) is 0 Å². The third kappa shape index (κ3) is 4.55. The topological polar surface area (TPSA) is 61.9 Å². The number of thiocarbonyl (C=S) groups is 1. The quantitative estimate of drug-likeness (QED) is 0.567. The number of benzene rings is 1. The molecule has 0 bridgehead atoms. The molecule has 0 radical (unpaired) electrons. The Morgan fingerprint density at radius 3 is 2.36 bits per heavy atom. The minimum atomic E-state index is -0.723. The third-order valence-electron chi connectivity index (χ3n) is 4.30. The molecule has 0 aromatic heterocycles. The van der Waals surface area contributed by atoms with Gasteiger partial charge in [0.25, 0.3) is 0 Å². The normalized spacial score (nSPS) is 17.8. The summed E-state index contributed by atoms with van der Waals surface area (Å²) < 4.78 is 5.42. The van der Waals surface area contributed by atoms with Crippen LogP contribution in [0.25, 0.3) is 0 Å². The van der Waals surface area contributed by atoms with Crippen molar-refractivity contribution in [3.8, 4) is 5.75 Å². The van der Waals surface area contributed by atoms with Gasteiger partial charge in [-0.3, -0.25) is 14.5 Å². The van der Waals surface area contributed by atoms with Crippen LogP contribution in [0.4, 0.5) is 5.69 Å². The van der Waals surface area contributed by atoms with E-state index in [-0.39, 0.29) is 16.9 Å². The molecule has 0 saturated carbocycles. The molecule has 2 amide bonds. The zero-order chi connectivity index (χ0) is 18.4. The summed E-state index contributed by atoms with van der Waals surface area (Å²) in [5.41, 5.74) is 0.631. The van der Waals surface area contributed by atoms with Crippen LogP contribution in [-0.4, -0.2) is 48.1 Å². The number of anilines is 1. The first-order chi connectivity index (χ1) is 12.0. The fourth-order valence-electron chi connectivity index (χ4n) is 2.83. The fraction of sp³-hybridized carbons (Fsp3) is 0.500. The highest BCUT2D eigenvalue weighted by Crippen LogP contribution is 2.25. The number of nitrogens with one attached hydrogen (secondary N) is 1. The molecule has 2 rings (SSSR count). The Labute approximate surface area is 154 Å². The second kappa shape index (κ2) is 8.92. The molecular weight excluding hydrogens is 338 g/mol. The van der Waals surface area contributed by atoms with Gasteiger partial charge in [0.15, 0.2) is 5.11 Å². The first kappa shape index (κ1) is 19.3. The summed E-state index contributed by atoms with van der Waals surface area (Å²) in [6, 6.07) is 7.12. The van der Waals surface area contributed by atoms with E-state index in [0.29, 0.717) is 25.3 Å². The van der Waals surface area contributed by atoms with Crippen LogP contribution in [0.3, 0.4) is 0 Å². The molecule has 1 fully saturated rings. The molecule has 25 heavy (non-hydrogen) atoms. The van der Waals surface area contributed by atoms with E-state index in [1.165, 1.54) is 4.90 Å². The van der Waals surface area contributed by atoms with Crippen molar-refractivity contribution in [3.05, 3.63) is 24.3 Å². The van der Waals surface area contributed by atoms with Crippen molar-refractivity contribution in [3.63, 3.8) is 0 Å². The van der Waals surface area contributed by atoms with Crippen LogP contribution >= 0.6 is 12.2 Å². The molecule has 0 spiro atoms. The molecule has 1 aromatic carbocycles. The lowest BCUT2D eigenvalue weighted by molar-refractivity contribution is -0.134. The largest absolute Gasteiger partial charge is 0.494 e. The van der Waals surface area contributed by atoms with E-state index < -0.39 is 5.92 Å². The zero-order valence-corrected chi connectivity index (χ0v) is 15.8. The minimum absolute atomic E-state index is 0.123. The minimum Gasteiger partial charge on any atom is -0.494 e. The Morgan fingerprint density at radius 1 is 1.16 bits per heavy atom. The van der Waals surface area contributed by atoms with E-state index >= 15 is 0 Å². The smallest absolute Gasteiger partial charge is 0.245 e. The highest BCUT2D eigenvalue weighted by Gasteiger charge is 2.39. The zero-order valence-electron chi connectivity index (χ0n) is 14.9. The highest BCUT2D eigenvalue weighted by molar-refractivity contribution is 7.80. The molecule has 7 heteroatoms. The second-order valence-corrected chi connectivity index (χ2v) is 6.15. The van der Waals surface area contributed by atoms with Gasteiger partial charge >= 0.3 is 0 Å². The lowest BCUT2D eigenvalue weighted by Crippen LogP contribution is -2.58. The van der Waals surface area contributed by atoms with Gasteiger partial charge in [0, 0.05) is 0 Å². The van der Waals surface area contributed by atoms with Gasteiger partial charge in [0.1, 0.15) is 11.7 Å². The van der Waals surface area contributed by atoms with Crippen LogP contribution in [-0.2, 0) is 9.59 Å². The van der Waals surface area contributed by atoms with Gasteiger partial charge in [0.05, 0.1) is 12.3 Å². The summed E-state index contributed by atoms with van der Waals surface area (Å²) in [7, 11) is 0. The Morgan fingerprint density at radius 2 is 1.80 bits per heavy atom. The molecule has 1 aromatic rings. The van der Waals surface area contributed by atoms with Crippen molar-refractivity contribution in [2.24, 2.45) is 5.92 Å². The van der Waals surface area contributed by atoms with E-state index in [0.717, 1.165) is 18.8 Å².